The first-order chi connectivity index (χ1) is 13.9. The highest BCUT2D eigenvalue weighted by Crippen LogP contribution is 2.33. The van der Waals surface area contributed by atoms with Crippen LogP contribution in [-0.4, -0.2) is 22.3 Å². The maximum absolute atomic E-state index is 13.0. The normalized spacial score (nSPS) is 13.3. The van der Waals surface area contributed by atoms with E-state index < -0.39 is 5.54 Å². The first kappa shape index (κ1) is 20.9. The molecule has 3 heteroatoms. The lowest BCUT2D eigenvalue weighted by Gasteiger charge is -2.35. The molecular formula is C26H29NO2. The van der Waals surface area contributed by atoms with Gasteiger partial charge in [0, 0.05) is 16.7 Å². The van der Waals surface area contributed by atoms with Crippen molar-refractivity contribution in [3.63, 3.8) is 0 Å². The zero-order chi connectivity index (χ0) is 21.0. The fourth-order valence-electron chi connectivity index (χ4n) is 3.66. The number of unbranched alkanes of at least 4 members (excludes halogenated alkanes) is 1. The van der Waals surface area contributed by atoms with Crippen LogP contribution >= 0.6 is 0 Å². The summed E-state index contributed by atoms with van der Waals surface area (Å²) >= 11 is 0. The summed E-state index contributed by atoms with van der Waals surface area (Å²) < 4.78 is 0. The molecule has 1 aliphatic rings. The van der Waals surface area contributed by atoms with Gasteiger partial charge in [0.25, 0.3) is 11.8 Å². The molecule has 0 fully saturated rings. The van der Waals surface area contributed by atoms with E-state index in [0.29, 0.717) is 11.1 Å². The fourth-order valence-corrected chi connectivity index (χ4v) is 3.66. The van der Waals surface area contributed by atoms with Crippen LogP contribution in [0.2, 0.25) is 0 Å². The summed E-state index contributed by atoms with van der Waals surface area (Å²) in [6, 6.07) is 13.6. The Kier molecular flexibility index (Phi) is 6.23. The van der Waals surface area contributed by atoms with E-state index in [4.69, 9.17) is 0 Å². The first-order valence-corrected chi connectivity index (χ1v) is 10.6. The minimum atomic E-state index is -0.460. The maximum atomic E-state index is 13.0. The lowest BCUT2D eigenvalue weighted by Crippen LogP contribution is -2.48. The second-order valence-electron chi connectivity index (χ2n) is 7.96. The number of rotatable bonds is 6. The van der Waals surface area contributed by atoms with Gasteiger partial charge in [0.2, 0.25) is 0 Å². The molecule has 150 valence electrons. The lowest BCUT2D eigenvalue weighted by molar-refractivity contribution is 0.0435. The predicted molar refractivity (Wildman–Crippen MR) is 117 cm³/mol. The average molecular weight is 388 g/mol. The first-order valence-electron chi connectivity index (χ1n) is 10.6. The van der Waals surface area contributed by atoms with Gasteiger partial charge in [-0.3, -0.25) is 14.5 Å². The van der Waals surface area contributed by atoms with Crippen LogP contribution in [0.1, 0.15) is 90.8 Å². The van der Waals surface area contributed by atoms with Crippen LogP contribution in [0.5, 0.6) is 0 Å². The van der Waals surface area contributed by atoms with E-state index in [9.17, 15) is 9.59 Å². The summed E-state index contributed by atoms with van der Waals surface area (Å²) in [7, 11) is 0. The molecule has 2 aromatic rings. The Morgan fingerprint density at radius 3 is 2.03 bits per heavy atom. The molecule has 0 aliphatic carbocycles. The van der Waals surface area contributed by atoms with E-state index in [0.717, 1.165) is 30.4 Å². The summed E-state index contributed by atoms with van der Waals surface area (Å²) in [6.45, 7) is 8.19. The molecule has 0 saturated heterocycles. The SMILES string of the molecule is CCCCc1ccc(C#Cc2ccc3c(c2)C(=O)N(C(C)(CC)CC)C3=O)cc1. The molecule has 0 radical (unpaired) electrons. The van der Waals surface area contributed by atoms with Crippen LogP contribution < -0.4 is 0 Å². The Morgan fingerprint density at radius 1 is 0.828 bits per heavy atom. The number of hydrogen-bond donors (Lipinski definition) is 0. The molecule has 0 bridgehead atoms. The molecule has 0 unspecified atom stereocenters. The predicted octanol–water partition coefficient (Wildman–Crippen LogP) is 5.60. The summed E-state index contributed by atoms with van der Waals surface area (Å²) in [5, 5.41) is 0. The van der Waals surface area contributed by atoms with Crippen molar-refractivity contribution in [3.05, 3.63) is 70.3 Å². The number of hydrogen-bond acceptors (Lipinski definition) is 2. The summed E-state index contributed by atoms with van der Waals surface area (Å²) in [5.41, 5.74) is 3.50. The second-order valence-corrected chi connectivity index (χ2v) is 7.96. The van der Waals surface area contributed by atoms with Crippen LogP contribution in [0.3, 0.4) is 0 Å². The van der Waals surface area contributed by atoms with Crippen molar-refractivity contribution in [3.8, 4) is 11.8 Å². The second kappa shape index (κ2) is 8.66. The third-order valence-corrected chi connectivity index (χ3v) is 6.07. The summed E-state index contributed by atoms with van der Waals surface area (Å²) in [5.74, 6) is 5.90. The number of imide groups is 1. The Balaban J connectivity index is 1.83. The van der Waals surface area contributed by atoms with Crippen molar-refractivity contribution < 1.29 is 9.59 Å². The zero-order valence-electron chi connectivity index (χ0n) is 17.8. The molecule has 29 heavy (non-hydrogen) atoms. The lowest BCUT2D eigenvalue weighted by atomic mass is 9.93. The van der Waals surface area contributed by atoms with Gasteiger partial charge >= 0.3 is 0 Å². The maximum Gasteiger partial charge on any atom is 0.262 e. The third kappa shape index (κ3) is 4.12. The van der Waals surface area contributed by atoms with Crippen molar-refractivity contribution in [1.29, 1.82) is 0 Å². The number of nitrogens with zero attached hydrogens (tertiary/aromatic N) is 1. The topological polar surface area (TPSA) is 37.4 Å². The van der Waals surface area contributed by atoms with Crippen LogP contribution in [0.15, 0.2) is 42.5 Å². The molecule has 2 amide bonds. The molecule has 1 aliphatic heterocycles. The largest absolute Gasteiger partial charge is 0.269 e. The molecule has 0 spiro atoms. The molecule has 3 nitrogen and oxygen atoms in total. The highest BCUT2D eigenvalue weighted by molar-refractivity contribution is 6.22. The minimum absolute atomic E-state index is 0.196. The number of benzene rings is 2. The fraction of sp³-hybridized carbons (Fsp3) is 0.385. The molecule has 2 aromatic carbocycles. The highest BCUT2D eigenvalue weighted by atomic mass is 16.2. The minimum Gasteiger partial charge on any atom is -0.269 e. The number of carbonyl (C=O) groups excluding carboxylic acids is 2. The number of amides is 2. The highest BCUT2D eigenvalue weighted by Gasteiger charge is 2.44. The van der Waals surface area contributed by atoms with Crippen molar-refractivity contribution in [2.45, 2.75) is 65.3 Å². The van der Waals surface area contributed by atoms with Gasteiger partial charge in [-0.1, -0.05) is 51.2 Å². The van der Waals surface area contributed by atoms with Gasteiger partial charge in [0.15, 0.2) is 0 Å². The van der Waals surface area contributed by atoms with E-state index in [2.05, 4.69) is 30.9 Å². The molecule has 0 atom stereocenters. The Labute approximate surface area is 174 Å². The van der Waals surface area contributed by atoms with Crippen LogP contribution in [0.25, 0.3) is 0 Å². The Morgan fingerprint density at radius 2 is 1.41 bits per heavy atom. The molecular weight excluding hydrogens is 358 g/mol. The number of carbonyl (C=O) groups is 2. The van der Waals surface area contributed by atoms with Crippen molar-refractivity contribution >= 4 is 11.8 Å². The van der Waals surface area contributed by atoms with Gasteiger partial charge in [-0.05, 0) is 68.5 Å². The van der Waals surface area contributed by atoms with Crippen molar-refractivity contribution in [2.24, 2.45) is 0 Å². The van der Waals surface area contributed by atoms with Gasteiger partial charge in [-0.15, -0.1) is 0 Å². The van der Waals surface area contributed by atoms with Gasteiger partial charge in [-0.2, -0.15) is 0 Å². The zero-order valence-corrected chi connectivity index (χ0v) is 17.8. The van der Waals surface area contributed by atoms with Gasteiger partial charge in [0.1, 0.15) is 0 Å². The quantitative estimate of drug-likeness (QED) is 0.478. The van der Waals surface area contributed by atoms with Gasteiger partial charge in [0.05, 0.1) is 11.1 Å². The van der Waals surface area contributed by atoms with E-state index in [-0.39, 0.29) is 11.8 Å². The molecule has 0 saturated carbocycles. The number of fused-ring (bicyclic) bond motifs is 1. The molecule has 3 rings (SSSR count). The summed E-state index contributed by atoms with van der Waals surface area (Å²) in [4.78, 5) is 27.3. The van der Waals surface area contributed by atoms with Gasteiger partial charge < -0.3 is 0 Å². The standard InChI is InChI=1S/C26H29NO2/c1-5-8-9-19-10-12-20(13-11-19)14-15-21-16-17-22-23(18-21)25(29)27(24(22)28)26(4,6-2)7-3/h10-13,16-18H,5-9H2,1-4H3. The van der Waals surface area contributed by atoms with Crippen LogP contribution in [-0.2, 0) is 6.42 Å². The van der Waals surface area contributed by atoms with E-state index in [1.165, 1.54) is 23.3 Å². The van der Waals surface area contributed by atoms with Crippen molar-refractivity contribution in [1.82, 2.24) is 4.90 Å². The van der Waals surface area contributed by atoms with Crippen molar-refractivity contribution in [2.75, 3.05) is 0 Å². The molecule has 0 N–H and O–H groups in total. The smallest absolute Gasteiger partial charge is 0.262 e. The molecule has 0 aromatic heterocycles. The monoisotopic (exact) mass is 387 g/mol. The van der Waals surface area contributed by atoms with E-state index >= 15 is 0 Å². The average Bonchev–Trinajstić information content (AvgIpc) is 3.01. The Hall–Kier alpha value is -2.86. The van der Waals surface area contributed by atoms with E-state index in [1.807, 2.05) is 39.0 Å². The molecule has 1 heterocycles. The number of aryl methyl sites for hydroxylation is 1. The summed E-state index contributed by atoms with van der Waals surface area (Å²) in [6.07, 6.45) is 4.94. The van der Waals surface area contributed by atoms with Gasteiger partial charge in [-0.25, -0.2) is 0 Å². The third-order valence-electron chi connectivity index (χ3n) is 6.07. The van der Waals surface area contributed by atoms with E-state index in [1.54, 1.807) is 12.1 Å². The Bertz CT molecular complexity index is 972. The van der Waals surface area contributed by atoms with Crippen LogP contribution in [0, 0.1) is 11.8 Å². The van der Waals surface area contributed by atoms with Crippen LogP contribution in [0.4, 0.5) is 0 Å².